The summed E-state index contributed by atoms with van der Waals surface area (Å²) in [6, 6.07) is 0. The summed E-state index contributed by atoms with van der Waals surface area (Å²) >= 11 is 5.74. The Morgan fingerprint density at radius 2 is 2.17 bits per heavy atom. The molecule has 0 atom stereocenters. The van der Waals surface area contributed by atoms with Gasteiger partial charge in [0.25, 0.3) is 0 Å². The number of aromatic nitrogens is 2. The van der Waals surface area contributed by atoms with Crippen molar-refractivity contribution in [3.63, 3.8) is 0 Å². The maximum atomic E-state index is 11.0. The minimum Gasteiger partial charge on any atom is -0.396 e. The van der Waals surface area contributed by atoms with Crippen LogP contribution in [0.1, 0.15) is 12.8 Å². The Morgan fingerprint density at radius 1 is 1.50 bits per heavy atom. The summed E-state index contributed by atoms with van der Waals surface area (Å²) in [7, 11) is 0. The Bertz CT molecular complexity index is 449. The standard InChI is InChI=1S/C10H13ClN4O3/c11-9-8(15(17)18)10(13-6-12-9)14-3-1-7(5-16)2-4-14/h6-7,16H,1-5H2. The van der Waals surface area contributed by atoms with Gasteiger partial charge in [0.15, 0.2) is 0 Å². The molecule has 1 aliphatic rings. The molecule has 1 aromatic heterocycles. The number of aliphatic hydroxyl groups excluding tert-OH is 1. The van der Waals surface area contributed by atoms with Crippen LogP contribution in [0.4, 0.5) is 11.5 Å². The molecule has 98 valence electrons. The molecule has 0 bridgehead atoms. The highest BCUT2D eigenvalue weighted by molar-refractivity contribution is 6.31. The first-order valence-corrected chi connectivity index (χ1v) is 6.02. The zero-order chi connectivity index (χ0) is 13.1. The van der Waals surface area contributed by atoms with Gasteiger partial charge < -0.3 is 10.0 Å². The summed E-state index contributed by atoms with van der Waals surface area (Å²) in [5.41, 5.74) is -0.249. The molecule has 1 saturated heterocycles. The molecule has 1 fully saturated rings. The average molecular weight is 273 g/mol. The summed E-state index contributed by atoms with van der Waals surface area (Å²) in [6.07, 6.45) is 2.80. The molecule has 0 aliphatic carbocycles. The van der Waals surface area contributed by atoms with Gasteiger partial charge in [0.05, 0.1) is 4.92 Å². The second-order valence-corrected chi connectivity index (χ2v) is 4.56. The molecule has 1 aliphatic heterocycles. The van der Waals surface area contributed by atoms with Gasteiger partial charge in [-0.1, -0.05) is 11.6 Å². The lowest BCUT2D eigenvalue weighted by Crippen LogP contribution is -2.35. The smallest absolute Gasteiger partial charge is 0.348 e. The van der Waals surface area contributed by atoms with E-state index in [1.807, 2.05) is 4.90 Å². The molecule has 2 rings (SSSR count). The summed E-state index contributed by atoms with van der Waals surface area (Å²) in [5.74, 6) is 0.522. The minimum atomic E-state index is -0.560. The van der Waals surface area contributed by atoms with Gasteiger partial charge in [0.1, 0.15) is 6.33 Å². The molecular formula is C10H13ClN4O3. The Morgan fingerprint density at radius 3 is 2.72 bits per heavy atom. The first-order valence-electron chi connectivity index (χ1n) is 5.64. The number of rotatable bonds is 3. The van der Waals surface area contributed by atoms with Crippen LogP contribution in [-0.4, -0.2) is 39.7 Å². The van der Waals surface area contributed by atoms with Crippen LogP contribution in [0.5, 0.6) is 0 Å². The highest BCUT2D eigenvalue weighted by Crippen LogP contribution is 2.33. The fourth-order valence-corrected chi connectivity index (χ4v) is 2.26. The van der Waals surface area contributed by atoms with E-state index in [2.05, 4.69) is 9.97 Å². The number of nitro groups is 1. The van der Waals surface area contributed by atoms with Crippen LogP contribution in [-0.2, 0) is 0 Å². The molecular weight excluding hydrogens is 260 g/mol. The molecule has 0 spiro atoms. The first kappa shape index (κ1) is 13.0. The van der Waals surface area contributed by atoms with Gasteiger partial charge in [-0.25, -0.2) is 9.97 Å². The minimum absolute atomic E-state index is 0.144. The van der Waals surface area contributed by atoms with Gasteiger partial charge in [0.2, 0.25) is 11.0 Å². The molecule has 7 nitrogen and oxygen atoms in total. The third kappa shape index (κ3) is 2.51. The van der Waals surface area contributed by atoms with Gasteiger partial charge in [0, 0.05) is 19.7 Å². The van der Waals surface area contributed by atoms with E-state index < -0.39 is 4.92 Å². The largest absolute Gasteiger partial charge is 0.396 e. The van der Waals surface area contributed by atoms with E-state index >= 15 is 0 Å². The van der Waals surface area contributed by atoms with Crippen molar-refractivity contribution in [1.29, 1.82) is 0 Å². The highest BCUT2D eigenvalue weighted by atomic mass is 35.5. The lowest BCUT2D eigenvalue weighted by molar-refractivity contribution is -0.384. The first-order chi connectivity index (χ1) is 8.63. The predicted molar refractivity (Wildman–Crippen MR) is 65.7 cm³/mol. The topological polar surface area (TPSA) is 92.4 Å². The zero-order valence-corrected chi connectivity index (χ0v) is 10.4. The van der Waals surface area contributed by atoms with Crippen LogP contribution in [0.15, 0.2) is 6.33 Å². The lowest BCUT2D eigenvalue weighted by atomic mass is 9.98. The van der Waals surface area contributed by atoms with Gasteiger partial charge in [-0.15, -0.1) is 0 Å². The van der Waals surface area contributed by atoms with Crippen molar-refractivity contribution in [2.45, 2.75) is 12.8 Å². The fraction of sp³-hybridized carbons (Fsp3) is 0.600. The molecule has 1 aromatic rings. The molecule has 0 radical (unpaired) electrons. The number of aliphatic hydroxyl groups is 1. The SMILES string of the molecule is O=[N+]([O-])c1c(Cl)ncnc1N1CCC(CO)CC1. The highest BCUT2D eigenvalue weighted by Gasteiger charge is 2.28. The Balaban J connectivity index is 2.24. The van der Waals surface area contributed by atoms with Gasteiger partial charge in [-0.2, -0.15) is 0 Å². The molecule has 18 heavy (non-hydrogen) atoms. The van der Waals surface area contributed by atoms with E-state index in [0.717, 1.165) is 12.8 Å². The Kier molecular flexibility index (Phi) is 3.93. The number of piperidine rings is 1. The second kappa shape index (κ2) is 5.45. The summed E-state index contributed by atoms with van der Waals surface area (Å²) in [6.45, 7) is 1.40. The van der Waals surface area contributed by atoms with Crippen molar-refractivity contribution < 1.29 is 10.0 Å². The van der Waals surface area contributed by atoms with Gasteiger partial charge in [-0.05, 0) is 18.8 Å². The van der Waals surface area contributed by atoms with E-state index in [9.17, 15) is 10.1 Å². The number of nitrogens with zero attached hydrogens (tertiary/aromatic N) is 4. The average Bonchev–Trinajstić information content (AvgIpc) is 2.38. The summed E-state index contributed by atoms with van der Waals surface area (Å²) in [4.78, 5) is 19.8. The van der Waals surface area contributed by atoms with Crippen molar-refractivity contribution in [3.05, 3.63) is 21.6 Å². The molecule has 0 amide bonds. The second-order valence-electron chi connectivity index (χ2n) is 4.21. The van der Waals surface area contributed by atoms with Crippen LogP contribution in [0.3, 0.4) is 0 Å². The van der Waals surface area contributed by atoms with Gasteiger partial charge in [-0.3, -0.25) is 10.1 Å². The zero-order valence-electron chi connectivity index (χ0n) is 9.62. The molecule has 0 unspecified atom stereocenters. The van der Waals surface area contributed by atoms with Crippen molar-refractivity contribution >= 4 is 23.1 Å². The predicted octanol–water partition coefficient (Wildman–Crippen LogP) is 1.25. The van der Waals surface area contributed by atoms with E-state index in [4.69, 9.17) is 16.7 Å². The van der Waals surface area contributed by atoms with Crippen molar-refractivity contribution in [2.75, 3.05) is 24.6 Å². The number of anilines is 1. The van der Waals surface area contributed by atoms with Crippen LogP contribution in [0, 0.1) is 16.0 Å². The number of halogens is 1. The maximum absolute atomic E-state index is 11.0. The van der Waals surface area contributed by atoms with Gasteiger partial charge >= 0.3 is 5.69 Å². The van der Waals surface area contributed by atoms with Crippen molar-refractivity contribution in [1.82, 2.24) is 9.97 Å². The normalized spacial score (nSPS) is 16.9. The third-order valence-corrected chi connectivity index (χ3v) is 3.39. The van der Waals surface area contributed by atoms with Crippen molar-refractivity contribution in [3.8, 4) is 0 Å². The van der Waals surface area contributed by atoms with Crippen LogP contribution in [0.2, 0.25) is 5.15 Å². The molecule has 8 heteroatoms. The van der Waals surface area contributed by atoms with E-state index in [0.29, 0.717) is 13.1 Å². The Labute approximate surface area is 109 Å². The molecule has 0 aromatic carbocycles. The monoisotopic (exact) mass is 272 g/mol. The van der Waals surface area contributed by atoms with Crippen LogP contribution >= 0.6 is 11.6 Å². The third-order valence-electron chi connectivity index (χ3n) is 3.11. The Hall–Kier alpha value is -1.47. The summed E-state index contributed by atoms with van der Waals surface area (Å²) in [5, 5.41) is 19.9. The fourth-order valence-electron chi connectivity index (χ4n) is 2.06. The van der Waals surface area contributed by atoms with Crippen LogP contribution in [0.25, 0.3) is 0 Å². The summed E-state index contributed by atoms with van der Waals surface area (Å²) < 4.78 is 0. The van der Waals surface area contributed by atoms with Crippen molar-refractivity contribution in [2.24, 2.45) is 5.92 Å². The van der Waals surface area contributed by atoms with E-state index in [1.165, 1.54) is 6.33 Å². The van der Waals surface area contributed by atoms with E-state index in [1.54, 1.807) is 0 Å². The maximum Gasteiger partial charge on any atom is 0.348 e. The molecule has 1 N–H and O–H groups in total. The molecule has 0 saturated carbocycles. The quantitative estimate of drug-likeness (QED) is 0.506. The van der Waals surface area contributed by atoms with Crippen LogP contribution < -0.4 is 4.90 Å². The number of hydrogen-bond donors (Lipinski definition) is 1. The molecule has 2 heterocycles. The lowest BCUT2D eigenvalue weighted by Gasteiger charge is -2.31. The van der Waals surface area contributed by atoms with E-state index in [-0.39, 0.29) is 29.2 Å². The number of hydrogen-bond acceptors (Lipinski definition) is 6.